The van der Waals surface area contributed by atoms with Crippen molar-refractivity contribution in [3.8, 4) is 0 Å². The predicted molar refractivity (Wildman–Crippen MR) is 87.3 cm³/mol. The monoisotopic (exact) mass is 331 g/mol. The minimum absolute atomic E-state index is 0.427. The molecule has 7 heteroatoms. The van der Waals surface area contributed by atoms with E-state index in [0.29, 0.717) is 18.0 Å². The number of nitrogens with zero attached hydrogens (tertiary/aromatic N) is 1. The maximum absolute atomic E-state index is 12.4. The number of rotatable bonds is 7. The van der Waals surface area contributed by atoms with Gasteiger partial charge in [-0.05, 0) is 46.0 Å². The molecule has 120 valence electrons. The zero-order valence-corrected chi connectivity index (χ0v) is 14.4. The van der Waals surface area contributed by atoms with Gasteiger partial charge in [-0.1, -0.05) is 6.42 Å². The average molecular weight is 332 g/mol. The van der Waals surface area contributed by atoms with Crippen LogP contribution in [-0.4, -0.2) is 46.5 Å². The van der Waals surface area contributed by atoms with Crippen molar-refractivity contribution in [2.75, 3.05) is 33.2 Å². The molecule has 1 fully saturated rings. The van der Waals surface area contributed by atoms with Gasteiger partial charge in [0.15, 0.2) is 0 Å². The SMILES string of the molecule is CNCc1cc(S(=O)(=O)NCCN2CCCCC2)c(C)s1. The van der Waals surface area contributed by atoms with E-state index in [1.807, 2.05) is 14.0 Å². The summed E-state index contributed by atoms with van der Waals surface area (Å²) in [5.41, 5.74) is 0. The quantitative estimate of drug-likeness (QED) is 0.796. The fourth-order valence-corrected chi connectivity index (χ4v) is 5.32. The minimum atomic E-state index is -3.38. The summed E-state index contributed by atoms with van der Waals surface area (Å²) < 4.78 is 27.5. The normalized spacial score (nSPS) is 17.2. The van der Waals surface area contributed by atoms with E-state index in [2.05, 4.69) is 14.9 Å². The molecule has 1 saturated heterocycles. The molecule has 2 heterocycles. The molecule has 0 radical (unpaired) electrons. The second-order valence-corrected chi connectivity index (χ2v) is 8.54. The van der Waals surface area contributed by atoms with Gasteiger partial charge in [0.2, 0.25) is 10.0 Å². The number of hydrogen-bond acceptors (Lipinski definition) is 5. The Labute approximate surface area is 131 Å². The molecular weight excluding hydrogens is 306 g/mol. The van der Waals surface area contributed by atoms with Gasteiger partial charge in [-0.2, -0.15) is 0 Å². The molecule has 1 aromatic rings. The lowest BCUT2D eigenvalue weighted by Gasteiger charge is -2.26. The Balaban J connectivity index is 1.91. The Bertz CT molecular complexity index is 549. The number of thiophene rings is 1. The molecule has 0 aliphatic carbocycles. The molecule has 21 heavy (non-hydrogen) atoms. The van der Waals surface area contributed by atoms with Crippen LogP contribution in [0.3, 0.4) is 0 Å². The van der Waals surface area contributed by atoms with Crippen LogP contribution in [0.1, 0.15) is 29.0 Å². The third kappa shape index (κ3) is 4.75. The number of sulfonamides is 1. The molecule has 0 amide bonds. The highest BCUT2D eigenvalue weighted by atomic mass is 32.2. The van der Waals surface area contributed by atoms with E-state index in [9.17, 15) is 8.42 Å². The molecule has 0 saturated carbocycles. The van der Waals surface area contributed by atoms with Gasteiger partial charge in [0.05, 0.1) is 4.90 Å². The molecule has 0 atom stereocenters. The van der Waals surface area contributed by atoms with Crippen molar-refractivity contribution in [2.45, 2.75) is 37.6 Å². The summed E-state index contributed by atoms with van der Waals surface area (Å²) in [4.78, 5) is 4.66. The second kappa shape index (κ2) is 7.69. The van der Waals surface area contributed by atoms with Crippen LogP contribution in [0.15, 0.2) is 11.0 Å². The Morgan fingerprint density at radius 3 is 2.67 bits per heavy atom. The van der Waals surface area contributed by atoms with Crippen LogP contribution >= 0.6 is 11.3 Å². The van der Waals surface area contributed by atoms with E-state index in [4.69, 9.17) is 0 Å². The van der Waals surface area contributed by atoms with Gasteiger partial charge in [-0.15, -0.1) is 11.3 Å². The van der Waals surface area contributed by atoms with Gasteiger partial charge < -0.3 is 10.2 Å². The molecule has 2 N–H and O–H groups in total. The first-order chi connectivity index (χ1) is 10.0. The maximum atomic E-state index is 12.4. The summed E-state index contributed by atoms with van der Waals surface area (Å²) in [7, 11) is -1.52. The summed E-state index contributed by atoms with van der Waals surface area (Å²) in [6.07, 6.45) is 3.75. The summed E-state index contributed by atoms with van der Waals surface area (Å²) in [6.45, 7) is 6.03. The first-order valence-electron chi connectivity index (χ1n) is 7.49. The molecule has 0 spiro atoms. The van der Waals surface area contributed by atoms with E-state index >= 15 is 0 Å². The zero-order valence-electron chi connectivity index (χ0n) is 12.8. The van der Waals surface area contributed by atoms with Crippen LogP contribution in [0.4, 0.5) is 0 Å². The maximum Gasteiger partial charge on any atom is 0.241 e. The molecule has 5 nitrogen and oxygen atoms in total. The Kier molecular flexibility index (Phi) is 6.19. The topological polar surface area (TPSA) is 61.4 Å². The van der Waals surface area contributed by atoms with E-state index in [-0.39, 0.29) is 0 Å². The van der Waals surface area contributed by atoms with Gasteiger partial charge in [-0.25, -0.2) is 13.1 Å². The van der Waals surface area contributed by atoms with Gasteiger partial charge >= 0.3 is 0 Å². The average Bonchev–Trinajstić information content (AvgIpc) is 2.82. The largest absolute Gasteiger partial charge is 0.315 e. The van der Waals surface area contributed by atoms with E-state index in [0.717, 1.165) is 29.4 Å². The summed E-state index contributed by atoms with van der Waals surface area (Å²) >= 11 is 1.54. The number of aryl methyl sites for hydroxylation is 1. The van der Waals surface area contributed by atoms with Crippen LogP contribution in [0, 0.1) is 6.92 Å². The van der Waals surface area contributed by atoms with Crippen molar-refractivity contribution in [1.82, 2.24) is 14.9 Å². The predicted octanol–water partition coefficient (Wildman–Crippen LogP) is 1.54. The van der Waals surface area contributed by atoms with Crippen LogP contribution < -0.4 is 10.0 Å². The van der Waals surface area contributed by atoms with E-state index < -0.39 is 10.0 Å². The lowest BCUT2D eigenvalue weighted by molar-refractivity contribution is 0.233. The van der Waals surface area contributed by atoms with Crippen LogP contribution in [-0.2, 0) is 16.6 Å². The van der Waals surface area contributed by atoms with Crippen molar-refractivity contribution in [3.05, 3.63) is 15.8 Å². The number of piperidine rings is 1. The molecule has 1 aliphatic heterocycles. The third-order valence-electron chi connectivity index (χ3n) is 3.73. The molecule has 0 bridgehead atoms. The van der Waals surface area contributed by atoms with Crippen LogP contribution in [0.25, 0.3) is 0 Å². The van der Waals surface area contributed by atoms with Crippen LogP contribution in [0.5, 0.6) is 0 Å². The Hall–Kier alpha value is -0.470. The highest BCUT2D eigenvalue weighted by Crippen LogP contribution is 2.25. The molecule has 0 unspecified atom stereocenters. The van der Waals surface area contributed by atoms with Crippen molar-refractivity contribution in [1.29, 1.82) is 0 Å². The van der Waals surface area contributed by atoms with Gasteiger partial charge in [0, 0.05) is 29.4 Å². The summed E-state index contributed by atoms with van der Waals surface area (Å²) in [5, 5.41) is 3.05. The van der Waals surface area contributed by atoms with E-state index in [1.54, 1.807) is 6.07 Å². The van der Waals surface area contributed by atoms with Crippen LogP contribution in [0.2, 0.25) is 0 Å². The highest BCUT2D eigenvalue weighted by Gasteiger charge is 2.20. The Morgan fingerprint density at radius 2 is 2.00 bits per heavy atom. The lowest BCUT2D eigenvalue weighted by Crippen LogP contribution is -2.37. The summed E-state index contributed by atoms with van der Waals surface area (Å²) in [5.74, 6) is 0. The van der Waals surface area contributed by atoms with Gasteiger partial charge in [0.25, 0.3) is 0 Å². The van der Waals surface area contributed by atoms with Crippen molar-refractivity contribution in [2.24, 2.45) is 0 Å². The fourth-order valence-electron chi connectivity index (χ4n) is 2.65. The fraction of sp³-hybridized carbons (Fsp3) is 0.714. The smallest absolute Gasteiger partial charge is 0.241 e. The van der Waals surface area contributed by atoms with Crippen molar-refractivity contribution < 1.29 is 8.42 Å². The number of nitrogens with one attached hydrogen (secondary N) is 2. The number of hydrogen-bond donors (Lipinski definition) is 2. The van der Waals surface area contributed by atoms with Gasteiger partial charge in [-0.3, -0.25) is 0 Å². The molecule has 2 rings (SSSR count). The molecular formula is C14H25N3O2S2. The molecule has 1 aliphatic rings. The van der Waals surface area contributed by atoms with E-state index in [1.165, 1.54) is 30.6 Å². The standard InChI is InChI=1S/C14H25N3O2S2/c1-12-14(10-13(20-12)11-15-2)21(18,19)16-6-9-17-7-4-3-5-8-17/h10,15-16H,3-9,11H2,1-2H3. The summed E-state index contributed by atoms with van der Waals surface area (Å²) in [6, 6.07) is 1.78. The highest BCUT2D eigenvalue weighted by molar-refractivity contribution is 7.89. The van der Waals surface area contributed by atoms with Crippen molar-refractivity contribution in [3.63, 3.8) is 0 Å². The third-order valence-corrected chi connectivity index (χ3v) is 6.50. The first kappa shape index (κ1) is 16.9. The molecule has 1 aromatic heterocycles. The minimum Gasteiger partial charge on any atom is -0.315 e. The number of likely N-dealkylation sites (tertiary alicyclic amines) is 1. The second-order valence-electron chi connectivity index (χ2n) is 5.46. The molecule has 0 aromatic carbocycles. The zero-order chi connectivity index (χ0) is 15.3. The van der Waals surface area contributed by atoms with Crippen molar-refractivity contribution >= 4 is 21.4 Å². The van der Waals surface area contributed by atoms with Gasteiger partial charge in [0.1, 0.15) is 0 Å². The Morgan fingerprint density at radius 1 is 1.29 bits per heavy atom. The lowest BCUT2D eigenvalue weighted by atomic mass is 10.1. The first-order valence-corrected chi connectivity index (χ1v) is 9.79.